The van der Waals surface area contributed by atoms with E-state index in [4.69, 9.17) is 0 Å². The zero-order chi connectivity index (χ0) is 20.6. The SMILES string of the molecule is CN=C(NCCCc1nc2ccccc2[nH]1)NCc1cc(C)ccc1OC(F)F.I. The van der Waals surface area contributed by atoms with Crippen molar-refractivity contribution in [2.24, 2.45) is 4.99 Å². The summed E-state index contributed by atoms with van der Waals surface area (Å²) in [5.74, 6) is 1.71. The average Bonchev–Trinajstić information content (AvgIpc) is 3.12. The maximum Gasteiger partial charge on any atom is 0.387 e. The van der Waals surface area contributed by atoms with Crippen molar-refractivity contribution >= 4 is 41.0 Å². The fraction of sp³-hybridized carbons (Fsp3) is 0.333. The van der Waals surface area contributed by atoms with Gasteiger partial charge in [-0.1, -0.05) is 29.8 Å². The second-order valence-electron chi connectivity index (χ2n) is 6.65. The van der Waals surface area contributed by atoms with Gasteiger partial charge in [0.25, 0.3) is 0 Å². The summed E-state index contributed by atoms with van der Waals surface area (Å²) < 4.78 is 29.8. The van der Waals surface area contributed by atoms with Gasteiger partial charge in [-0.3, -0.25) is 4.99 Å². The highest BCUT2D eigenvalue weighted by atomic mass is 127. The summed E-state index contributed by atoms with van der Waals surface area (Å²) in [6.07, 6.45) is 1.67. The molecule has 0 atom stereocenters. The van der Waals surface area contributed by atoms with Gasteiger partial charge in [-0.2, -0.15) is 8.78 Å². The number of halogens is 3. The van der Waals surface area contributed by atoms with Crippen molar-refractivity contribution in [1.29, 1.82) is 0 Å². The first-order valence-corrected chi connectivity index (χ1v) is 9.47. The number of aryl methyl sites for hydroxylation is 2. The van der Waals surface area contributed by atoms with Crippen LogP contribution < -0.4 is 15.4 Å². The van der Waals surface area contributed by atoms with Crippen LogP contribution in [0.25, 0.3) is 11.0 Å². The van der Waals surface area contributed by atoms with Gasteiger partial charge >= 0.3 is 6.61 Å². The molecule has 0 amide bonds. The van der Waals surface area contributed by atoms with E-state index in [2.05, 4.69) is 30.3 Å². The van der Waals surface area contributed by atoms with Crippen molar-refractivity contribution in [3.05, 3.63) is 59.4 Å². The lowest BCUT2D eigenvalue weighted by molar-refractivity contribution is -0.0504. The molecule has 3 aromatic rings. The number of alkyl halides is 2. The Morgan fingerprint density at radius 3 is 2.73 bits per heavy atom. The van der Waals surface area contributed by atoms with Crippen LogP contribution in [-0.4, -0.2) is 36.1 Å². The summed E-state index contributed by atoms with van der Waals surface area (Å²) >= 11 is 0. The zero-order valence-corrected chi connectivity index (χ0v) is 19.2. The third-order valence-electron chi connectivity index (χ3n) is 4.42. The lowest BCUT2D eigenvalue weighted by Crippen LogP contribution is -2.37. The van der Waals surface area contributed by atoms with E-state index in [1.165, 1.54) is 0 Å². The second-order valence-corrected chi connectivity index (χ2v) is 6.65. The molecule has 1 aromatic heterocycles. The van der Waals surface area contributed by atoms with Crippen molar-refractivity contribution < 1.29 is 13.5 Å². The Morgan fingerprint density at radius 2 is 2.00 bits per heavy atom. The molecule has 2 aromatic carbocycles. The number of hydrogen-bond acceptors (Lipinski definition) is 3. The summed E-state index contributed by atoms with van der Waals surface area (Å²) in [6, 6.07) is 13.1. The first-order chi connectivity index (χ1) is 14.0. The molecule has 0 spiro atoms. The molecule has 9 heteroatoms. The molecule has 0 fully saturated rings. The van der Waals surface area contributed by atoms with E-state index in [0.717, 1.165) is 35.3 Å². The van der Waals surface area contributed by atoms with Crippen LogP contribution in [-0.2, 0) is 13.0 Å². The Labute approximate surface area is 191 Å². The maximum atomic E-state index is 12.6. The van der Waals surface area contributed by atoms with Crippen molar-refractivity contribution in [3.63, 3.8) is 0 Å². The summed E-state index contributed by atoms with van der Waals surface area (Å²) in [4.78, 5) is 12.1. The highest BCUT2D eigenvalue weighted by Gasteiger charge is 2.10. The monoisotopic (exact) mass is 529 g/mol. The fourth-order valence-electron chi connectivity index (χ4n) is 3.04. The molecule has 0 saturated heterocycles. The first kappa shape index (κ1) is 23.8. The van der Waals surface area contributed by atoms with Gasteiger partial charge in [0, 0.05) is 32.1 Å². The third-order valence-corrected chi connectivity index (χ3v) is 4.42. The number of aromatic amines is 1. The molecule has 3 rings (SSSR count). The molecule has 3 N–H and O–H groups in total. The molecule has 6 nitrogen and oxygen atoms in total. The molecule has 0 aliphatic rings. The third kappa shape index (κ3) is 6.82. The van der Waals surface area contributed by atoms with Crippen molar-refractivity contribution in [2.45, 2.75) is 32.9 Å². The van der Waals surface area contributed by atoms with Crippen LogP contribution in [0.1, 0.15) is 23.4 Å². The largest absolute Gasteiger partial charge is 0.434 e. The molecular formula is C21H26F2IN5O. The van der Waals surface area contributed by atoms with E-state index in [1.54, 1.807) is 19.2 Å². The Balaban J connectivity index is 0.00000320. The first-order valence-electron chi connectivity index (χ1n) is 9.47. The smallest absolute Gasteiger partial charge is 0.387 e. The van der Waals surface area contributed by atoms with Crippen LogP contribution >= 0.6 is 24.0 Å². The number of benzene rings is 2. The molecule has 30 heavy (non-hydrogen) atoms. The van der Waals surface area contributed by atoms with Gasteiger partial charge in [-0.05, 0) is 31.5 Å². The van der Waals surface area contributed by atoms with Crippen molar-refractivity contribution in [1.82, 2.24) is 20.6 Å². The number of imidazole rings is 1. The molecule has 0 aliphatic heterocycles. The number of rotatable bonds is 8. The van der Waals surface area contributed by atoms with Crippen LogP contribution in [0, 0.1) is 6.92 Å². The number of aliphatic imine (C=N–C) groups is 1. The number of nitrogens with one attached hydrogen (secondary N) is 3. The molecular weight excluding hydrogens is 503 g/mol. The summed E-state index contributed by atoms with van der Waals surface area (Å²) in [5, 5.41) is 6.36. The number of nitrogens with zero attached hydrogens (tertiary/aromatic N) is 2. The van der Waals surface area contributed by atoms with Gasteiger partial charge < -0.3 is 20.4 Å². The van der Waals surface area contributed by atoms with E-state index < -0.39 is 6.61 Å². The Hall–Kier alpha value is -2.43. The average molecular weight is 529 g/mol. The van der Waals surface area contributed by atoms with Gasteiger partial charge in [-0.15, -0.1) is 24.0 Å². The molecule has 0 aliphatic carbocycles. The van der Waals surface area contributed by atoms with Crippen LogP contribution in [0.4, 0.5) is 8.78 Å². The minimum absolute atomic E-state index is 0. The summed E-state index contributed by atoms with van der Waals surface area (Å²) in [5.41, 5.74) is 3.62. The second kappa shape index (κ2) is 11.7. The normalized spacial score (nSPS) is 11.4. The van der Waals surface area contributed by atoms with Crippen LogP contribution in [0.2, 0.25) is 0 Å². The molecule has 0 saturated carbocycles. The van der Waals surface area contributed by atoms with Gasteiger partial charge in [0.15, 0.2) is 5.96 Å². The minimum atomic E-state index is -2.85. The van der Waals surface area contributed by atoms with E-state index in [0.29, 0.717) is 24.6 Å². The highest BCUT2D eigenvalue weighted by Crippen LogP contribution is 2.22. The van der Waals surface area contributed by atoms with Crippen LogP contribution in [0.3, 0.4) is 0 Å². The molecule has 162 valence electrons. The van der Waals surface area contributed by atoms with Crippen LogP contribution in [0.15, 0.2) is 47.5 Å². The topological polar surface area (TPSA) is 74.3 Å². The highest BCUT2D eigenvalue weighted by molar-refractivity contribution is 14.0. The standard InChI is InChI=1S/C21H25F2N5O.HI/c1-14-9-10-18(29-20(22)23)15(12-14)13-26-21(24-2)25-11-5-8-19-27-16-6-3-4-7-17(16)28-19;/h3-4,6-7,9-10,12,20H,5,8,11,13H2,1-2H3,(H,27,28)(H2,24,25,26);1H. The lowest BCUT2D eigenvalue weighted by atomic mass is 10.1. The predicted octanol–water partition coefficient (Wildman–Crippen LogP) is 4.39. The Morgan fingerprint density at radius 1 is 1.20 bits per heavy atom. The molecule has 0 unspecified atom stereocenters. The zero-order valence-electron chi connectivity index (χ0n) is 16.9. The summed E-state index contributed by atoms with van der Waals surface area (Å²) in [6.45, 7) is 0.0748. The Bertz CT molecular complexity index is 944. The summed E-state index contributed by atoms with van der Waals surface area (Å²) in [7, 11) is 1.67. The number of hydrogen-bond donors (Lipinski definition) is 3. The molecule has 1 heterocycles. The van der Waals surface area contributed by atoms with Crippen molar-refractivity contribution in [3.8, 4) is 5.75 Å². The van der Waals surface area contributed by atoms with Gasteiger partial charge in [0.1, 0.15) is 11.6 Å². The minimum Gasteiger partial charge on any atom is -0.434 e. The number of aromatic nitrogens is 2. The van der Waals surface area contributed by atoms with E-state index in [-0.39, 0.29) is 29.7 Å². The Kier molecular flexibility index (Phi) is 9.28. The van der Waals surface area contributed by atoms with Crippen LogP contribution in [0.5, 0.6) is 5.75 Å². The maximum absolute atomic E-state index is 12.6. The van der Waals surface area contributed by atoms with E-state index in [1.807, 2.05) is 37.3 Å². The lowest BCUT2D eigenvalue weighted by Gasteiger charge is -2.15. The molecule has 0 radical (unpaired) electrons. The van der Waals surface area contributed by atoms with Gasteiger partial charge in [-0.25, -0.2) is 4.98 Å². The number of H-pyrrole nitrogens is 1. The van der Waals surface area contributed by atoms with E-state index in [9.17, 15) is 8.78 Å². The number of guanidine groups is 1. The predicted molar refractivity (Wildman–Crippen MR) is 126 cm³/mol. The van der Waals surface area contributed by atoms with Crippen molar-refractivity contribution in [2.75, 3.05) is 13.6 Å². The number of para-hydroxylation sites is 2. The van der Waals surface area contributed by atoms with Gasteiger partial charge in [0.2, 0.25) is 0 Å². The quantitative estimate of drug-likeness (QED) is 0.175. The number of fused-ring (bicyclic) bond motifs is 1. The van der Waals surface area contributed by atoms with Gasteiger partial charge in [0.05, 0.1) is 11.0 Å². The molecule has 0 bridgehead atoms. The van der Waals surface area contributed by atoms with E-state index >= 15 is 0 Å². The fourth-order valence-corrected chi connectivity index (χ4v) is 3.04. The number of ether oxygens (including phenoxy) is 1.